The van der Waals surface area contributed by atoms with E-state index in [1.54, 1.807) is 23.1 Å². The maximum absolute atomic E-state index is 13.4. The third kappa shape index (κ3) is 7.81. The SMILES string of the molecule is CCCCC(=O)N(CC1CCCO1)C1CC(C(=O)NCCO)=CC(Oc2c(I)cc(CO)cc2OC)C1O. The van der Waals surface area contributed by atoms with Gasteiger partial charge in [0.15, 0.2) is 11.5 Å². The lowest BCUT2D eigenvalue weighted by Gasteiger charge is -2.41. The number of ether oxygens (including phenoxy) is 3. The summed E-state index contributed by atoms with van der Waals surface area (Å²) in [5.74, 6) is 0.260. The highest BCUT2D eigenvalue weighted by molar-refractivity contribution is 14.1. The molecule has 0 saturated carbocycles. The minimum Gasteiger partial charge on any atom is -0.493 e. The Bertz CT molecular complexity index is 982. The molecule has 2 aliphatic rings. The number of aliphatic hydroxyl groups is 3. The molecule has 1 aromatic carbocycles. The molecular formula is C27H39IN2O8. The lowest BCUT2D eigenvalue weighted by Crippen LogP contribution is -2.56. The monoisotopic (exact) mass is 646 g/mol. The molecular weight excluding hydrogens is 607 g/mol. The summed E-state index contributed by atoms with van der Waals surface area (Å²) in [6.45, 7) is 2.68. The average Bonchev–Trinajstić information content (AvgIpc) is 3.44. The second-order valence-electron chi connectivity index (χ2n) is 9.57. The minimum absolute atomic E-state index is 0.0817. The number of halogens is 1. The molecule has 10 nitrogen and oxygen atoms in total. The zero-order valence-corrected chi connectivity index (χ0v) is 24.2. The molecule has 4 unspecified atom stereocenters. The van der Waals surface area contributed by atoms with Gasteiger partial charge in [-0.25, -0.2) is 0 Å². The zero-order chi connectivity index (χ0) is 27.7. The summed E-state index contributed by atoms with van der Waals surface area (Å²) >= 11 is 2.07. The summed E-state index contributed by atoms with van der Waals surface area (Å²) in [5, 5.41) is 33.0. The zero-order valence-electron chi connectivity index (χ0n) is 22.0. The number of benzene rings is 1. The Hall–Kier alpha value is -1.93. The topological polar surface area (TPSA) is 138 Å². The first-order valence-corrected chi connectivity index (χ1v) is 14.2. The van der Waals surface area contributed by atoms with E-state index in [2.05, 4.69) is 27.9 Å². The van der Waals surface area contributed by atoms with Crippen LogP contribution >= 0.6 is 22.6 Å². The number of hydrogen-bond donors (Lipinski definition) is 4. The van der Waals surface area contributed by atoms with E-state index >= 15 is 0 Å². The predicted octanol–water partition coefficient (Wildman–Crippen LogP) is 1.91. The van der Waals surface area contributed by atoms with Gasteiger partial charge in [0.25, 0.3) is 0 Å². The average molecular weight is 647 g/mol. The van der Waals surface area contributed by atoms with Crippen molar-refractivity contribution in [1.82, 2.24) is 10.2 Å². The summed E-state index contributed by atoms with van der Waals surface area (Å²) in [6, 6.07) is 2.69. The summed E-state index contributed by atoms with van der Waals surface area (Å²) in [5.41, 5.74) is 1.00. The quantitative estimate of drug-likeness (QED) is 0.239. The van der Waals surface area contributed by atoms with Crippen LogP contribution in [0.1, 0.15) is 51.0 Å². The highest BCUT2D eigenvalue weighted by Gasteiger charge is 2.41. The van der Waals surface area contributed by atoms with Crippen LogP contribution < -0.4 is 14.8 Å². The van der Waals surface area contributed by atoms with E-state index in [9.17, 15) is 24.9 Å². The number of nitrogens with one attached hydrogen (secondary N) is 1. The van der Waals surface area contributed by atoms with E-state index in [4.69, 9.17) is 14.2 Å². The van der Waals surface area contributed by atoms with Gasteiger partial charge in [-0.1, -0.05) is 13.3 Å². The lowest BCUT2D eigenvalue weighted by atomic mass is 9.87. The molecule has 1 fully saturated rings. The number of carbonyl (C=O) groups is 2. The first-order chi connectivity index (χ1) is 18.3. The van der Waals surface area contributed by atoms with E-state index in [1.165, 1.54) is 7.11 Å². The standard InChI is InChI=1S/C27H39IN2O8/c1-3-4-7-24(33)30(15-19-6-5-10-37-19)21-13-18(27(35)29-8-9-31)14-22(25(21)34)38-26-20(28)11-17(16-32)12-23(26)36-2/h11-12,14,19,21-22,25,31-32,34H,3-10,13,15-16H2,1-2H3,(H,29,35). The third-order valence-corrected chi connectivity index (χ3v) is 7.63. The molecule has 212 valence electrons. The van der Waals surface area contributed by atoms with Crippen LogP contribution in [0.2, 0.25) is 0 Å². The highest BCUT2D eigenvalue weighted by atomic mass is 127. The van der Waals surface area contributed by atoms with Crippen molar-refractivity contribution in [3.8, 4) is 11.5 Å². The molecule has 0 radical (unpaired) electrons. The van der Waals surface area contributed by atoms with Gasteiger partial charge >= 0.3 is 0 Å². The summed E-state index contributed by atoms with van der Waals surface area (Å²) < 4.78 is 18.2. The molecule has 0 aromatic heterocycles. The van der Waals surface area contributed by atoms with Crippen LogP contribution in [0.15, 0.2) is 23.8 Å². The summed E-state index contributed by atoms with van der Waals surface area (Å²) in [4.78, 5) is 28.0. The molecule has 38 heavy (non-hydrogen) atoms. The second-order valence-corrected chi connectivity index (χ2v) is 10.7. The molecule has 1 saturated heterocycles. The molecule has 11 heteroatoms. The predicted molar refractivity (Wildman–Crippen MR) is 149 cm³/mol. The van der Waals surface area contributed by atoms with Gasteiger partial charge in [0.05, 0.1) is 36.0 Å². The first kappa shape index (κ1) is 30.6. The number of aliphatic hydroxyl groups excluding tert-OH is 3. The van der Waals surface area contributed by atoms with Crippen molar-refractivity contribution in [1.29, 1.82) is 0 Å². The number of amides is 2. The van der Waals surface area contributed by atoms with Gasteiger partial charge in [0.1, 0.15) is 12.2 Å². The molecule has 1 aromatic rings. The van der Waals surface area contributed by atoms with Crippen molar-refractivity contribution in [2.45, 2.75) is 76.4 Å². The maximum Gasteiger partial charge on any atom is 0.247 e. The van der Waals surface area contributed by atoms with Crippen LogP contribution in [-0.2, 0) is 20.9 Å². The van der Waals surface area contributed by atoms with Crippen LogP contribution in [-0.4, -0.2) is 89.8 Å². The third-order valence-electron chi connectivity index (χ3n) is 6.83. The molecule has 4 N–H and O–H groups in total. The fraction of sp³-hybridized carbons (Fsp3) is 0.630. The largest absolute Gasteiger partial charge is 0.493 e. The Morgan fingerprint density at radius 2 is 2.08 bits per heavy atom. The van der Waals surface area contributed by atoms with Crippen molar-refractivity contribution in [3.05, 3.63) is 32.9 Å². The van der Waals surface area contributed by atoms with Gasteiger partial charge in [-0.2, -0.15) is 0 Å². The van der Waals surface area contributed by atoms with Crippen molar-refractivity contribution in [2.24, 2.45) is 0 Å². The molecule has 1 heterocycles. The Morgan fingerprint density at radius 1 is 1.29 bits per heavy atom. The molecule has 2 amide bonds. The smallest absolute Gasteiger partial charge is 0.247 e. The van der Waals surface area contributed by atoms with Crippen LogP contribution in [0.25, 0.3) is 0 Å². The number of nitrogens with zero attached hydrogens (tertiary/aromatic N) is 1. The fourth-order valence-electron chi connectivity index (χ4n) is 4.80. The van der Waals surface area contributed by atoms with E-state index in [0.29, 0.717) is 45.8 Å². The normalized spacial score (nSPS) is 23.1. The van der Waals surface area contributed by atoms with Crippen LogP contribution in [0.5, 0.6) is 11.5 Å². The molecule has 4 atom stereocenters. The van der Waals surface area contributed by atoms with Crippen molar-refractivity contribution in [3.63, 3.8) is 0 Å². The van der Waals surface area contributed by atoms with Crippen LogP contribution in [0.3, 0.4) is 0 Å². The summed E-state index contributed by atoms with van der Waals surface area (Å²) in [6.07, 6.45) is 3.14. The Balaban J connectivity index is 1.97. The number of hydrogen-bond acceptors (Lipinski definition) is 8. The minimum atomic E-state index is -1.13. The Labute approximate surface area is 237 Å². The Morgan fingerprint density at radius 3 is 2.71 bits per heavy atom. The van der Waals surface area contributed by atoms with Gasteiger partial charge in [-0.3, -0.25) is 9.59 Å². The Kier molecular flexibility index (Phi) is 12.1. The molecule has 1 aliphatic heterocycles. The van der Waals surface area contributed by atoms with E-state index in [0.717, 1.165) is 25.7 Å². The molecule has 0 bridgehead atoms. The van der Waals surface area contributed by atoms with Gasteiger partial charge in [0.2, 0.25) is 11.8 Å². The van der Waals surface area contributed by atoms with Crippen LogP contribution in [0, 0.1) is 3.57 Å². The van der Waals surface area contributed by atoms with Gasteiger partial charge in [-0.15, -0.1) is 0 Å². The van der Waals surface area contributed by atoms with E-state index in [-0.39, 0.29) is 44.1 Å². The molecule has 0 spiro atoms. The highest BCUT2D eigenvalue weighted by Crippen LogP contribution is 2.37. The van der Waals surface area contributed by atoms with Crippen LogP contribution in [0.4, 0.5) is 0 Å². The van der Waals surface area contributed by atoms with Crippen molar-refractivity contribution < 1.29 is 39.1 Å². The number of carbonyl (C=O) groups excluding carboxylic acids is 2. The van der Waals surface area contributed by atoms with E-state index in [1.807, 2.05) is 6.92 Å². The number of rotatable bonds is 13. The van der Waals surface area contributed by atoms with Gasteiger partial charge in [0, 0.05) is 38.1 Å². The van der Waals surface area contributed by atoms with Crippen molar-refractivity contribution >= 4 is 34.4 Å². The fourth-order valence-corrected chi connectivity index (χ4v) is 5.59. The van der Waals surface area contributed by atoms with E-state index < -0.39 is 18.2 Å². The number of unbranched alkanes of at least 4 members (excludes halogenated alkanes) is 1. The maximum atomic E-state index is 13.4. The molecule has 3 rings (SSSR count). The number of methoxy groups -OCH3 is 1. The first-order valence-electron chi connectivity index (χ1n) is 13.2. The van der Waals surface area contributed by atoms with Crippen molar-refractivity contribution in [2.75, 3.05) is 33.4 Å². The van der Waals surface area contributed by atoms with Gasteiger partial charge in [-0.05, 0) is 65.6 Å². The lowest BCUT2D eigenvalue weighted by molar-refractivity contribution is -0.141. The molecule has 1 aliphatic carbocycles. The summed E-state index contributed by atoms with van der Waals surface area (Å²) in [7, 11) is 1.48. The second kappa shape index (κ2) is 15.0. The van der Waals surface area contributed by atoms with Gasteiger partial charge < -0.3 is 39.7 Å².